The van der Waals surface area contributed by atoms with Crippen LogP contribution in [0.25, 0.3) is 0 Å². The predicted molar refractivity (Wildman–Crippen MR) is 214 cm³/mol. The fraction of sp³-hybridized carbons (Fsp3) is 0.378. The van der Waals surface area contributed by atoms with Crippen molar-refractivity contribution in [1.82, 2.24) is 15.1 Å². The molecule has 4 aromatic carbocycles. The van der Waals surface area contributed by atoms with Crippen molar-refractivity contribution in [2.24, 2.45) is 5.92 Å². The molecule has 58 heavy (non-hydrogen) atoms. The molecule has 4 aromatic rings. The standard InChI is InChI=1S/C45H46FN5O7/c1-57-32-4-2-3-29(21-32)36-26-58-40-22-31(52)9-10-33(40)42(36)28-5-7-30(8-6-28)49-15-13-27(14-16-49)25-48-17-19-50(20-18-48)39-24-35-34(23-37(39)46)44(55)51(45(35)56)38-11-12-41(53)47-43(38)54/h2-10,21-24,27,36,38,42,52H,11-20,25-26H2,1H3,(H,47,53,54). The number of anilines is 2. The molecule has 2 N–H and O–H groups in total. The number of carbonyl (C=O) groups is 4. The molecule has 5 aliphatic rings. The van der Waals surface area contributed by atoms with E-state index in [9.17, 15) is 24.3 Å². The number of fused-ring (bicyclic) bond motifs is 2. The summed E-state index contributed by atoms with van der Waals surface area (Å²) in [6.45, 7) is 6.02. The van der Waals surface area contributed by atoms with Crippen LogP contribution in [-0.2, 0) is 9.59 Å². The van der Waals surface area contributed by atoms with Crippen LogP contribution in [0.2, 0.25) is 0 Å². The minimum Gasteiger partial charge on any atom is -0.508 e. The highest BCUT2D eigenvalue weighted by molar-refractivity contribution is 6.23. The third-order valence-electron chi connectivity index (χ3n) is 12.6. The number of halogens is 1. The van der Waals surface area contributed by atoms with Crippen LogP contribution < -0.4 is 24.6 Å². The van der Waals surface area contributed by atoms with Gasteiger partial charge in [0.05, 0.1) is 30.5 Å². The largest absolute Gasteiger partial charge is 0.508 e. The van der Waals surface area contributed by atoms with Crippen LogP contribution in [0, 0.1) is 11.7 Å². The lowest BCUT2D eigenvalue weighted by Crippen LogP contribution is -2.54. The molecule has 0 radical (unpaired) electrons. The number of carbonyl (C=O) groups excluding carboxylic acids is 4. The predicted octanol–water partition coefficient (Wildman–Crippen LogP) is 5.29. The molecule has 3 fully saturated rings. The summed E-state index contributed by atoms with van der Waals surface area (Å²) in [5.41, 5.74) is 4.89. The molecule has 13 heteroatoms. The molecule has 3 saturated heterocycles. The average molecular weight is 788 g/mol. The van der Waals surface area contributed by atoms with E-state index in [0.717, 1.165) is 73.4 Å². The number of hydrogen-bond donors (Lipinski definition) is 2. The third-order valence-corrected chi connectivity index (χ3v) is 12.6. The van der Waals surface area contributed by atoms with Gasteiger partial charge in [-0.2, -0.15) is 0 Å². The van der Waals surface area contributed by atoms with Gasteiger partial charge in [-0.1, -0.05) is 30.3 Å². The first kappa shape index (κ1) is 37.6. The number of phenolic OH excluding ortho intramolecular Hbond substituents is 1. The zero-order valence-electron chi connectivity index (χ0n) is 32.4. The van der Waals surface area contributed by atoms with Crippen molar-refractivity contribution in [3.63, 3.8) is 0 Å². The maximum absolute atomic E-state index is 15.5. The van der Waals surface area contributed by atoms with Gasteiger partial charge in [0.2, 0.25) is 11.8 Å². The van der Waals surface area contributed by atoms with Gasteiger partial charge >= 0.3 is 0 Å². The zero-order chi connectivity index (χ0) is 40.1. The van der Waals surface area contributed by atoms with Crippen molar-refractivity contribution in [3.8, 4) is 17.2 Å². The number of amides is 4. The maximum atomic E-state index is 15.5. The molecule has 0 spiro atoms. The molecule has 0 aliphatic carbocycles. The number of aromatic hydroxyl groups is 1. The Morgan fingerprint density at radius 3 is 2.28 bits per heavy atom. The first-order valence-electron chi connectivity index (χ1n) is 20.1. The quantitative estimate of drug-likeness (QED) is 0.227. The number of methoxy groups -OCH3 is 1. The Bertz CT molecular complexity index is 2270. The number of ether oxygens (including phenoxy) is 2. The molecule has 12 nitrogen and oxygen atoms in total. The monoisotopic (exact) mass is 787 g/mol. The summed E-state index contributed by atoms with van der Waals surface area (Å²) in [7, 11) is 1.68. The summed E-state index contributed by atoms with van der Waals surface area (Å²) in [5, 5.41) is 12.4. The maximum Gasteiger partial charge on any atom is 0.262 e. The van der Waals surface area contributed by atoms with Crippen LogP contribution in [0.15, 0.2) is 78.9 Å². The number of piperazine rings is 1. The second kappa shape index (κ2) is 15.4. The Balaban J connectivity index is 0.804. The molecule has 4 amide bonds. The highest BCUT2D eigenvalue weighted by Gasteiger charge is 2.45. The molecule has 3 atom stereocenters. The van der Waals surface area contributed by atoms with Crippen LogP contribution in [0.5, 0.6) is 17.2 Å². The number of imide groups is 2. The summed E-state index contributed by atoms with van der Waals surface area (Å²) in [6.07, 6.45) is 2.20. The molecule has 0 saturated carbocycles. The Morgan fingerprint density at radius 1 is 0.810 bits per heavy atom. The lowest BCUT2D eigenvalue weighted by atomic mass is 9.76. The van der Waals surface area contributed by atoms with E-state index >= 15 is 4.39 Å². The van der Waals surface area contributed by atoms with E-state index < -0.39 is 35.5 Å². The Hall–Kier alpha value is -5.95. The fourth-order valence-electron chi connectivity index (χ4n) is 9.49. The van der Waals surface area contributed by atoms with Crippen molar-refractivity contribution in [3.05, 3.63) is 112 Å². The van der Waals surface area contributed by atoms with Crippen molar-refractivity contribution in [2.45, 2.75) is 43.6 Å². The van der Waals surface area contributed by atoms with Crippen molar-refractivity contribution in [2.75, 3.05) is 69.3 Å². The second-order valence-electron chi connectivity index (χ2n) is 16.0. The first-order valence-corrected chi connectivity index (χ1v) is 20.1. The van der Waals surface area contributed by atoms with Gasteiger partial charge in [0, 0.05) is 81.4 Å². The number of benzene rings is 4. The summed E-state index contributed by atoms with van der Waals surface area (Å²) in [6, 6.07) is 23.9. The lowest BCUT2D eigenvalue weighted by molar-refractivity contribution is -0.136. The number of hydrogen-bond acceptors (Lipinski definition) is 10. The van der Waals surface area contributed by atoms with Crippen LogP contribution >= 0.6 is 0 Å². The SMILES string of the molecule is COc1cccc(C2COc3cc(O)ccc3C2c2ccc(N3CCC(CN4CCN(c5cc6c(cc5F)C(=O)N(C5CCC(=O)NC5=O)C6=O)CC4)CC3)cc2)c1. The highest BCUT2D eigenvalue weighted by atomic mass is 19.1. The summed E-state index contributed by atoms with van der Waals surface area (Å²) >= 11 is 0. The van der Waals surface area contributed by atoms with Gasteiger partial charge in [-0.25, -0.2) is 4.39 Å². The van der Waals surface area contributed by atoms with E-state index in [2.05, 4.69) is 51.5 Å². The van der Waals surface area contributed by atoms with Gasteiger partial charge in [-0.05, 0) is 78.8 Å². The van der Waals surface area contributed by atoms with Crippen LogP contribution in [-0.4, -0.2) is 104 Å². The zero-order valence-corrected chi connectivity index (χ0v) is 32.4. The van der Waals surface area contributed by atoms with Crippen LogP contribution in [0.3, 0.4) is 0 Å². The highest BCUT2D eigenvalue weighted by Crippen LogP contribution is 2.47. The van der Waals surface area contributed by atoms with E-state index in [4.69, 9.17) is 9.47 Å². The van der Waals surface area contributed by atoms with E-state index in [1.807, 2.05) is 23.1 Å². The fourth-order valence-corrected chi connectivity index (χ4v) is 9.49. The first-order chi connectivity index (χ1) is 28.1. The summed E-state index contributed by atoms with van der Waals surface area (Å²) in [4.78, 5) is 58.2. The molecule has 5 aliphatic heterocycles. The Labute approximate surface area is 336 Å². The van der Waals surface area contributed by atoms with Gasteiger partial charge in [0.1, 0.15) is 29.1 Å². The number of piperidine rings is 2. The van der Waals surface area contributed by atoms with Gasteiger partial charge in [-0.3, -0.25) is 34.3 Å². The van der Waals surface area contributed by atoms with Crippen LogP contribution in [0.4, 0.5) is 15.8 Å². The van der Waals surface area contributed by atoms with E-state index in [0.29, 0.717) is 31.4 Å². The molecule has 300 valence electrons. The van der Waals surface area contributed by atoms with Gasteiger partial charge in [0.25, 0.3) is 11.8 Å². The number of nitrogens with one attached hydrogen (secondary N) is 1. The van der Waals surface area contributed by atoms with Gasteiger partial charge < -0.3 is 24.4 Å². The number of rotatable bonds is 8. The second-order valence-corrected chi connectivity index (χ2v) is 16.0. The van der Waals surface area contributed by atoms with Crippen LogP contribution in [0.1, 0.15) is 74.9 Å². The number of nitrogens with zero attached hydrogens (tertiary/aromatic N) is 4. The Kier molecular flexibility index (Phi) is 10.0. The molecular weight excluding hydrogens is 742 g/mol. The lowest BCUT2D eigenvalue weighted by Gasteiger charge is -2.40. The molecule has 5 heterocycles. The third kappa shape index (κ3) is 7.01. The topological polar surface area (TPSA) is 132 Å². The smallest absolute Gasteiger partial charge is 0.262 e. The van der Waals surface area contributed by atoms with Gasteiger partial charge in [-0.15, -0.1) is 0 Å². The van der Waals surface area contributed by atoms with Crippen molar-refractivity contribution < 1.29 is 38.1 Å². The normalized spacial score (nSPS) is 22.7. The van der Waals surface area contributed by atoms with E-state index in [1.165, 1.54) is 17.3 Å². The van der Waals surface area contributed by atoms with Crippen molar-refractivity contribution >= 4 is 35.0 Å². The summed E-state index contributed by atoms with van der Waals surface area (Å²) in [5.74, 6) is -0.715. The molecule has 0 aromatic heterocycles. The minimum atomic E-state index is -1.09. The van der Waals surface area contributed by atoms with Gasteiger partial charge in [0.15, 0.2) is 0 Å². The molecular formula is C45H46FN5O7. The molecule has 3 unspecified atom stereocenters. The van der Waals surface area contributed by atoms with Crippen molar-refractivity contribution in [1.29, 1.82) is 0 Å². The Morgan fingerprint density at radius 2 is 1.55 bits per heavy atom. The summed E-state index contributed by atoms with van der Waals surface area (Å²) < 4.78 is 27.2. The average Bonchev–Trinajstić information content (AvgIpc) is 3.47. The molecule has 0 bridgehead atoms. The minimum absolute atomic E-state index is 0.0233. The molecule has 9 rings (SSSR count). The number of phenols is 1. The van der Waals surface area contributed by atoms with E-state index in [1.54, 1.807) is 19.2 Å². The van der Waals surface area contributed by atoms with E-state index in [-0.39, 0.29) is 47.2 Å².